The molecule has 0 saturated heterocycles. The molecule has 0 saturated carbocycles. The summed E-state index contributed by atoms with van der Waals surface area (Å²) < 4.78 is 5.31. The van der Waals surface area contributed by atoms with Crippen LogP contribution < -0.4 is 4.74 Å². The highest BCUT2D eigenvalue weighted by Crippen LogP contribution is 2.10. The van der Waals surface area contributed by atoms with E-state index in [0.29, 0.717) is 13.0 Å². The van der Waals surface area contributed by atoms with E-state index in [2.05, 4.69) is 12.6 Å². The van der Waals surface area contributed by atoms with Crippen LogP contribution in [0.5, 0.6) is 5.75 Å². The zero-order valence-electron chi connectivity index (χ0n) is 7.59. The summed E-state index contributed by atoms with van der Waals surface area (Å²) in [5.74, 6) is -0.164. The van der Waals surface area contributed by atoms with Gasteiger partial charge in [-0.05, 0) is 12.1 Å². The Labute approximate surface area is 88.1 Å². The average Bonchev–Trinajstić information content (AvgIpc) is 2.19. The summed E-state index contributed by atoms with van der Waals surface area (Å²) in [5, 5.41) is 7.89. The molecular weight excluding hydrogens is 200 g/mol. The first-order valence-corrected chi connectivity index (χ1v) is 4.80. The van der Waals surface area contributed by atoms with Crippen LogP contribution in [-0.2, 0) is 4.79 Å². The fourth-order valence-corrected chi connectivity index (χ4v) is 1.03. The molecule has 3 nitrogen and oxygen atoms in total. The van der Waals surface area contributed by atoms with Crippen molar-refractivity contribution in [3.8, 4) is 5.75 Å². The highest BCUT2D eigenvalue weighted by molar-refractivity contribution is 7.81. The summed E-state index contributed by atoms with van der Waals surface area (Å²) in [7, 11) is 0. The molecule has 4 heteroatoms. The first-order chi connectivity index (χ1) is 6.70. The molecular formula is C10H12O3S. The van der Waals surface area contributed by atoms with E-state index in [9.17, 15) is 4.79 Å². The fourth-order valence-electron chi connectivity index (χ4n) is 0.929. The van der Waals surface area contributed by atoms with Crippen LogP contribution in [0.4, 0.5) is 0 Å². The SMILES string of the molecule is O=C(O)[C@@H](S)CCOc1ccccc1. The standard InChI is InChI=1S/C10H12O3S/c11-10(12)9(14)6-7-13-8-4-2-1-3-5-8/h1-5,9,14H,6-7H2,(H,11,12)/t9-/m0/s1. The lowest BCUT2D eigenvalue weighted by molar-refractivity contribution is -0.136. The van der Waals surface area contributed by atoms with Crippen molar-refractivity contribution in [2.45, 2.75) is 11.7 Å². The minimum absolute atomic E-state index is 0.366. The highest BCUT2D eigenvalue weighted by atomic mass is 32.1. The van der Waals surface area contributed by atoms with Gasteiger partial charge in [0.2, 0.25) is 0 Å². The molecule has 0 bridgehead atoms. The van der Waals surface area contributed by atoms with E-state index in [4.69, 9.17) is 9.84 Å². The molecule has 0 aliphatic carbocycles. The van der Waals surface area contributed by atoms with Crippen LogP contribution in [0.15, 0.2) is 30.3 Å². The van der Waals surface area contributed by atoms with Crippen LogP contribution in [0.2, 0.25) is 0 Å². The molecule has 0 amide bonds. The molecule has 1 aromatic carbocycles. The Morgan fingerprint density at radius 1 is 1.43 bits per heavy atom. The predicted molar refractivity (Wildman–Crippen MR) is 57.0 cm³/mol. The van der Waals surface area contributed by atoms with Gasteiger partial charge in [0.05, 0.1) is 6.61 Å². The Balaban J connectivity index is 2.26. The van der Waals surface area contributed by atoms with E-state index in [1.807, 2.05) is 30.3 Å². The average molecular weight is 212 g/mol. The van der Waals surface area contributed by atoms with Crippen molar-refractivity contribution >= 4 is 18.6 Å². The van der Waals surface area contributed by atoms with E-state index in [1.54, 1.807) is 0 Å². The molecule has 1 atom stereocenters. The molecule has 0 aromatic heterocycles. The summed E-state index contributed by atoms with van der Waals surface area (Å²) in [4.78, 5) is 10.4. The first-order valence-electron chi connectivity index (χ1n) is 4.29. The van der Waals surface area contributed by atoms with Crippen molar-refractivity contribution in [3.05, 3.63) is 30.3 Å². The maximum Gasteiger partial charge on any atom is 0.316 e. The van der Waals surface area contributed by atoms with Gasteiger partial charge in [0.15, 0.2) is 0 Å². The number of benzene rings is 1. The molecule has 0 spiro atoms. The Hall–Kier alpha value is -1.16. The van der Waals surface area contributed by atoms with Crippen LogP contribution >= 0.6 is 12.6 Å². The van der Waals surface area contributed by atoms with E-state index < -0.39 is 11.2 Å². The first kappa shape index (κ1) is 10.9. The van der Waals surface area contributed by atoms with Crippen molar-refractivity contribution in [1.29, 1.82) is 0 Å². The molecule has 76 valence electrons. The molecule has 0 unspecified atom stereocenters. The van der Waals surface area contributed by atoms with Gasteiger partial charge in [-0.3, -0.25) is 4.79 Å². The topological polar surface area (TPSA) is 46.5 Å². The van der Waals surface area contributed by atoms with Crippen molar-refractivity contribution in [2.75, 3.05) is 6.61 Å². The normalized spacial score (nSPS) is 12.1. The molecule has 1 N–H and O–H groups in total. The third-order valence-corrected chi connectivity index (χ3v) is 2.17. The van der Waals surface area contributed by atoms with Gasteiger partial charge >= 0.3 is 5.97 Å². The van der Waals surface area contributed by atoms with Crippen molar-refractivity contribution in [2.24, 2.45) is 0 Å². The molecule has 14 heavy (non-hydrogen) atoms. The molecule has 0 aliphatic rings. The Morgan fingerprint density at radius 2 is 2.07 bits per heavy atom. The minimum Gasteiger partial charge on any atom is -0.494 e. The second-order valence-corrected chi connectivity index (χ2v) is 3.43. The highest BCUT2D eigenvalue weighted by Gasteiger charge is 2.11. The second kappa shape index (κ2) is 5.54. The molecule has 0 fully saturated rings. The lowest BCUT2D eigenvalue weighted by atomic mass is 10.3. The lowest BCUT2D eigenvalue weighted by Crippen LogP contribution is -2.16. The van der Waals surface area contributed by atoms with Crippen LogP contribution in [0, 0.1) is 0 Å². The van der Waals surface area contributed by atoms with Gasteiger partial charge in [-0.15, -0.1) is 0 Å². The maximum absolute atomic E-state index is 10.4. The van der Waals surface area contributed by atoms with Gasteiger partial charge in [-0.1, -0.05) is 18.2 Å². The summed E-state index contributed by atoms with van der Waals surface area (Å²) in [6.07, 6.45) is 0.396. The predicted octanol–water partition coefficient (Wildman–Crippen LogP) is 1.84. The number of thiol groups is 1. The van der Waals surface area contributed by atoms with Crippen LogP contribution in [-0.4, -0.2) is 22.9 Å². The largest absolute Gasteiger partial charge is 0.494 e. The second-order valence-electron chi connectivity index (χ2n) is 2.80. The molecule has 0 heterocycles. The molecule has 1 rings (SSSR count). The minimum atomic E-state index is -0.912. The Morgan fingerprint density at radius 3 is 2.64 bits per heavy atom. The molecule has 1 aromatic rings. The van der Waals surface area contributed by atoms with E-state index in [1.165, 1.54) is 0 Å². The monoisotopic (exact) mass is 212 g/mol. The smallest absolute Gasteiger partial charge is 0.316 e. The van der Waals surface area contributed by atoms with E-state index in [-0.39, 0.29) is 0 Å². The summed E-state index contributed by atoms with van der Waals surface area (Å²) in [5.41, 5.74) is 0. The number of carboxylic acids is 1. The zero-order valence-corrected chi connectivity index (χ0v) is 8.48. The number of carboxylic acid groups (broad SMARTS) is 1. The van der Waals surface area contributed by atoms with Crippen LogP contribution in [0.1, 0.15) is 6.42 Å². The summed E-state index contributed by atoms with van der Waals surface area (Å²) >= 11 is 3.89. The quantitative estimate of drug-likeness (QED) is 0.732. The molecule has 0 aliphatic heterocycles. The number of aliphatic carboxylic acids is 1. The van der Waals surface area contributed by atoms with E-state index in [0.717, 1.165) is 5.75 Å². The van der Waals surface area contributed by atoms with Gasteiger partial charge in [-0.25, -0.2) is 0 Å². The third kappa shape index (κ3) is 3.70. The van der Waals surface area contributed by atoms with Crippen molar-refractivity contribution in [3.63, 3.8) is 0 Å². The van der Waals surface area contributed by atoms with Crippen molar-refractivity contribution < 1.29 is 14.6 Å². The number of hydrogen-bond donors (Lipinski definition) is 2. The van der Waals surface area contributed by atoms with Crippen LogP contribution in [0.25, 0.3) is 0 Å². The van der Waals surface area contributed by atoms with Crippen LogP contribution in [0.3, 0.4) is 0 Å². The molecule has 0 radical (unpaired) electrons. The number of para-hydroxylation sites is 1. The third-order valence-electron chi connectivity index (χ3n) is 1.69. The Bertz CT molecular complexity index is 287. The van der Waals surface area contributed by atoms with Gasteiger partial charge < -0.3 is 9.84 Å². The maximum atomic E-state index is 10.4. The van der Waals surface area contributed by atoms with Gasteiger partial charge in [0.1, 0.15) is 11.0 Å². The fraction of sp³-hybridized carbons (Fsp3) is 0.300. The zero-order chi connectivity index (χ0) is 10.4. The Kier molecular flexibility index (Phi) is 4.32. The van der Waals surface area contributed by atoms with E-state index >= 15 is 0 Å². The summed E-state index contributed by atoms with van der Waals surface area (Å²) in [6.45, 7) is 0.366. The van der Waals surface area contributed by atoms with Gasteiger partial charge in [0.25, 0.3) is 0 Å². The lowest BCUT2D eigenvalue weighted by Gasteiger charge is -2.07. The number of hydrogen-bond acceptors (Lipinski definition) is 3. The van der Waals surface area contributed by atoms with Gasteiger partial charge in [-0.2, -0.15) is 12.6 Å². The number of carbonyl (C=O) groups is 1. The summed E-state index contributed by atoms with van der Waals surface area (Å²) in [6, 6.07) is 9.28. The number of ether oxygens (including phenoxy) is 1. The van der Waals surface area contributed by atoms with Gasteiger partial charge in [0, 0.05) is 6.42 Å². The number of rotatable bonds is 5. The van der Waals surface area contributed by atoms with Crippen molar-refractivity contribution in [1.82, 2.24) is 0 Å².